The zero-order valence-electron chi connectivity index (χ0n) is 4.21. The molecule has 0 aliphatic heterocycles. The number of hydrogen-bond donors (Lipinski definition) is 1. The Hall–Kier alpha value is -0.185. The van der Waals surface area contributed by atoms with Crippen molar-refractivity contribution >= 4 is 8.41 Å². The normalized spacial score (nSPS) is 2.57. The Morgan fingerprint density at radius 1 is 0.857 bits per heavy atom. The van der Waals surface area contributed by atoms with E-state index in [1.54, 1.807) is 0 Å². The molecule has 44 valence electrons. The predicted molar refractivity (Wildman–Crippen MR) is 20.7 cm³/mol. The molecule has 5 heteroatoms. The molecule has 0 aliphatic carbocycles. The van der Waals surface area contributed by atoms with E-state index in [2.05, 4.69) is 5.32 Å². The van der Waals surface area contributed by atoms with E-state index in [1.165, 1.54) is 0 Å². The van der Waals surface area contributed by atoms with Gasteiger partial charge in [0, 0.05) is 0 Å². The average molecular weight is 113 g/mol. The molecule has 0 saturated heterocycles. The summed E-state index contributed by atoms with van der Waals surface area (Å²) in [6.07, 6.45) is 0. The van der Waals surface area contributed by atoms with Crippen molar-refractivity contribution in [2.24, 2.45) is 0 Å². The van der Waals surface area contributed by atoms with Gasteiger partial charge in [0.25, 0.3) is 0 Å². The summed E-state index contributed by atoms with van der Waals surface area (Å²) >= 11 is 0. The van der Waals surface area contributed by atoms with Crippen LogP contribution in [0.5, 0.6) is 0 Å². The molecular weight excluding hydrogens is 106 g/mol. The average Bonchev–Trinajstić information content (AvgIpc) is 0.918. The minimum absolute atomic E-state index is 0. The molecule has 0 spiro atoms. The van der Waals surface area contributed by atoms with E-state index in [-0.39, 0.29) is 22.5 Å². The molecular formula is C2H7BF3N. The van der Waals surface area contributed by atoms with Gasteiger partial charge in [-0.1, -0.05) is 0 Å². The van der Waals surface area contributed by atoms with Gasteiger partial charge >= 0.3 is 8.41 Å². The van der Waals surface area contributed by atoms with Gasteiger partial charge in [0.05, 0.1) is 0 Å². The van der Waals surface area contributed by atoms with Gasteiger partial charge in [-0.3, -0.25) is 0 Å². The molecule has 1 nitrogen and oxygen atoms in total. The van der Waals surface area contributed by atoms with Crippen molar-refractivity contribution in [1.82, 2.24) is 5.32 Å². The van der Waals surface area contributed by atoms with Crippen LogP contribution in [0.3, 0.4) is 0 Å². The second-order valence-corrected chi connectivity index (χ2v) is 0.500. The Morgan fingerprint density at radius 2 is 0.857 bits per heavy atom. The summed E-state index contributed by atoms with van der Waals surface area (Å²) in [5, 5.41) is 2.75. The van der Waals surface area contributed by atoms with Gasteiger partial charge in [0.1, 0.15) is 0 Å². The Labute approximate surface area is 43.2 Å². The van der Waals surface area contributed by atoms with Crippen LogP contribution in [-0.2, 0) is 0 Å². The first-order chi connectivity index (χ1) is 1.41. The maximum Gasteiger partial charge on any atom is 3.00 e. The molecule has 0 radical (unpaired) electrons. The van der Waals surface area contributed by atoms with Crippen molar-refractivity contribution in [3.63, 3.8) is 0 Å². The summed E-state index contributed by atoms with van der Waals surface area (Å²) in [7, 11) is 3.75. The maximum absolute atomic E-state index is 2.75. The van der Waals surface area contributed by atoms with Crippen molar-refractivity contribution in [2.45, 2.75) is 0 Å². The molecule has 0 aromatic rings. The molecule has 0 aromatic carbocycles. The van der Waals surface area contributed by atoms with Crippen molar-refractivity contribution in [3.05, 3.63) is 0 Å². The van der Waals surface area contributed by atoms with Crippen LogP contribution in [0.1, 0.15) is 0 Å². The zero-order chi connectivity index (χ0) is 2.71. The molecule has 0 aromatic heterocycles. The fraction of sp³-hybridized carbons (Fsp3) is 1.00. The van der Waals surface area contributed by atoms with Crippen molar-refractivity contribution in [2.75, 3.05) is 14.1 Å². The second kappa shape index (κ2) is 203. The summed E-state index contributed by atoms with van der Waals surface area (Å²) in [6, 6.07) is 0. The Kier molecular flexibility index (Phi) is 2030. The van der Waals surface area contributed by atoms with Gasteiger partial charge in [0.2, 0.25) is 0 Å². The minimum Gasteiger partial charge on any atom is -1.00 e. The third-order valence-corrected chi connectivity index (χ3v) is 0. The van der Waals surface area contributed by atoms with Gasteiger partial charge in [-0.05, 0) is 14.1 Å². The first-order valence-electron chi connectivity index (χ1n) is 1.00. The summed E-state index contributed by atoms with van der Waals surface area (Å²) in [6.45, 7) is 0. The van der Waals surface area contributed by atoms with Crippen LogP contribution >= 0.6 is 0 Å². The molecule has 0 aliphatic rings. The van der Waals surface area contributed by atoms with E-state index in [9.17, 15) is 0 Å². The molecule has 0 fully saturated rings. The minimum atomic E-state index is 0. The second-order valence-electron chi connectivity index (χ2n) is 0.500. The standard InChI is InChI=1S/C2H7N.B.3FH/c1-3-2;;;;/h3H,1-2H3;;3*1H/q;+3;;;/p-3. The SMILES string of the molecule is CNC.[B+3].[F-].[F-].[F-]. The van der Waals surface area contributed by atoms with Gasteiger partial charge < -0.3 is 19.4 Å². The molecule has 0 heterocycles. The van der Waals surface area contributed by atoms with Gasteiger partial charge in [-0.25, -0.2) is 0 Å². The van der Waals surface area contributed by atoms with E-state index >= 15 is 0 Å². The zero-order valence-corrected chi connectivity index (χ0v) is 4.21. The van der Waals surface area contributed by atoms with Crippen molar-refractivity contribution < 1.29 is 14.1 Å². The smallest absolute Gasteiger partial charge is 1.00 e. The molecule has 0 amide bonds. The van der Waals surface area contributed by atoms with E-state index in [1.807, 2.05) is 14.1 Å². The maximum atomic E-state index is 2.75. The van der Waals surface area contributed by atoms with Crippen LogP contribution in [0.2, 0.25) is 0 Å². The molecule has 0 saturated carbocycles. The molecule has 7 heavy (non-hydrogen) atoms. The Balaban J connectivity index is -0.00000000333. The van der Waals surface area contributed by atoms with Crippen molar-refractivity contribution in [1.29, 1.82) is 0 Å². The van der Waals surface area contributed by atoms with Crippen LogP contribution in [0, 0.1) is 0 Å². The van der Waals surface area contributed by atoms with E-state index in [4.69, 9.17) is 0 Å². The molecule has 0 bridgehead atoms. The molecule has 0 rings (SSSR count). The molecule has 0 unspecified atom stereocenters. The Morgan fingerprint density at radius 3 is 0.857 bits per heavy atom. The largest absolute Gasteiger partial charge is 3.00 e. The fourth-order valence-corrected chi connectivity index (χ4v) is 0. The van der Waals surface area contributed by atoms with Crippen LogP contribution in [-0.4, -0.2) is 22.5 Å². The topological polar surface area (TPSA) is 12.0 Å². The van der Waals surface area contributed by atoms with Gasteiger partial charge in [0.15, 0.2) is 0 Å². The van der Waals surface area contributed by atoms with Crippen LogP contribution in [0.4, 0.5) is 0 Å². The summed E-state index contributed by atoms with van der Waals surface area (Å²) in [5.41, 5.74) is 0. The Bertz CT molecular complexity index is 12.9. The number of nitrogens with one attached hydrogen (secondary N) is 1. The number of halogens is 3. The third kappa shape index (κ3) is 2470. The van der Waals surface area contributed by atoms with E-state index in [0.717, 1.165) is 0 Å². The molecule has 0 atom stereocenters. The monoisotopic (exact) mass is 113 g/mol. The number of rotatable bonds is 0. The first-order valence-corrected chi connectivity index (χ1v) is 1.00. The van der Waals surface area contributed by atoms with Crippen LogP contribution in [0.15, 0.2) is 0 Å². The number of hydrogen-bond acceptors (Lipinski definition) is 1. The van der Waals surface area contributed by atoms with Gasteiger partial charge in [-0.15, -0.1) is 0 Å². The van der Waals surface area contributed by atoms with Crippen LogP contribution < -0.4 is 19.4 Å². The summed E-state index contributed by atoms with van der Waals surface area (Å²) < 4.78 is 0. The van der Waals surface area contributed by atoms with Crippen LogP contribution in [0.25, 0.3) is 0 Å². The fourth-order valence-electron chi connectivity index (χ4n) is 0. The first kappa shape index (κ1) is 70.0. The van der Waals surface area contributed by atoms with E-state index < -0.39 is 0 Å². The van der Waals surface area contributed by atoms with Crippen molar-refractivity contribution in [3.8, 4) is 0 Å². The quantitative estimate of drug-likeness (QED) is 0.307. The molecule has 1 N–H and O–H groups in total. The summed E-state index contributed by atoms with van der Waals surface area (Å²) in [5.74, 6) is 0. The predicted octanol–water partition coefficient (Wildman–Crippen LogP) is -9.53. The third-order valence-electron chi connectivity index (χ3n) is 0. The van der Waals surface area contributed by atoms with Gasteiger partial charge in [-0.2, -0.15) is 0 Å². The summed E-state index contributed by atoms with van der Waals surface area (Å²) in [4.78, 5) is 0. The van der Waals surface area contributed by atoms with E-state index in [0.29, 0.717) is 0 Å².